The van der Waals surface area contributed by atoms with E-state index in [2.05, 4.69) is 17.4 Å². The van der Waals surface area contributed by atoms with Crippen molar-refractivity contribution in [1.29, 1.82) is 0 Å². The van der Waals surface area contributed by atoms with Gasteiger partial charge in [-0.3, -0.25) is 15.0 Å². The van der Waals surface area contributed by atoms with E-state index in [9.17, 15) is 9.59 Å². The maximum atomic E-state index is 11.1. The van der Waals surface area contributed by atoms with Gasteiger partial charge in [0.25, 0.3) is 5.91 Å². The average Bonchev–Trinajstić information content (AvgIpc) is 2.10. The van der Waals surface area contributed by atoms with Crippen LogP contribution in [0.3, 0.4) is 0 Å². The summed E-state index contributed by atoms with van der Waals surface area (Å²) in [6.07, 6.45) is 0.450. The van der Waals surface area contributed by atoms with Gasteiger partial charge in [0, 0.05) is 5.57 Å². The monoisotopic (exact) mass is 214 g/mol. The fourth-order valence-corrected chi connectivity index (χ4v) is 0.952. The molecule has 0 unspecified atom stereocenters. The lowest BCUT2D eigenvalue weighted by Crippen LogP contribution is -2.48. The maximum absolute atomic E-state index is 11.1. The van der Waals surface area contributed by atoms with Crippen molar-refractivity contribution in [3.05, 3.63) is 12.2 Å². The van der Waals surface area contributed by atoms with Crippen molar-refractivity contribution >= 4 is 11.9 Å². The van der Waals surface area contributed by atoms with Crippen molar-refractivity contribution in [2.24, 2.45) is 5.92 Å². The van der Waals surface area contributed by atoms with Crippen molar-refractivity contribution in [3.8, 4) is 0 Å². The zero-order valence-electron chi connectivity index (χ0n) is 9.33. The molecule has 0 spiro atoms. The van der Waals surface area contributed by atoms with Crippen LogP contribution in [-0.2, 0) is 9.59 Å². The first-order chi connectivity index (χ1) is 6.84. The lowest BCUT2D eigenvalue weighted by Gasteiger charge is -2.16. The summed E-state index contributed by atoms with van der Waals surface area (Å²) in [4.78, 5) is 21.9. The molecule has 5 nitrogen and oxygen atoms in total. The number of carboxylic acid groups (broad SMARTS) is 1. The zero-order chi connectivity index (χ0) is 12.0. The van der Waals surface area contributed by atoms with Crippen molar-refractivity contribution in [2.75, 3.05) is 0 Å². The Morgan fingerprint density at radius 3 is 2.27 bits per heavy atom. The molecule has 5 heteroatoms. The Balaban J connectivity index is 4.13. The van der Waals surface area contributed by atoms with E-state index in [1.165, 1.54) is 0 Å². The minimum Gasteiger partial charge on any atom is -0.480 e. The molecular weight excluding hydrogens is 196 g/mol. The quantitative estimate of drug-likeness (QED) is 0.449. The topological polar surface area (TPSA) is 78.4 Å². The van der Waals surface area contributed by atoms with Crippen molar-refractivity contribution in [3.63, 3.8) is 0 Å². The fraction of sp³-hybridized carbons (Fsp3) is 0.600. The van der Waals surface area contributed by atoms with Gasteiger partial charge in [-0.15, -0.1) is 0 Å². The van der Waals surface area contributed by atoms with Crippen LogP contribution in [0.1, 0.15) is 27.2 Å². The molecule has 0 saturated heterocycles. The van der Waals surface area contributed by atoms with Crippen LogP contribution in [0, 0.1) is 5.92 Å². The molecular formula is C10H18N2O3. The predicted octanol–water partition coefficient (Wildman–Crippen LogP) is 0.683. The molecule has 1 atom stereocenters. The normalized spacial score (nSPS) is 12.3. The molecule has 0 radical (unpaired) electrons. The first kappa shape index (κ1) is 13.6. The van der Waals surface area contributed by atoms with Crippen LogP contribution in [0.5, 0.6) is 0 Å². The summed E-state index contributed by atoms with van der Waals surface area (Å²) in [5, 5.41) is 8.84. The fourth-order valence-electron chi connectivity index (χ4n) is 0.952. The highest BCUT2D eigenvalue weighted by molar-refractivity contribution is 5.91. The van der Waals surface area contributed by atoms with Crippen LogP contribution in [0.4, 0.5) is 0 Å². The Kier molecular flexibility index (Phi) is 5.62. The molecule has 0 saturated carbocycles. The third-order valence-corrected chi connectivity index (χ3v) is 1.75. The number of nitrogens with one attached hydrogen (secondary N) is 2. The average molecular weight is 214 g/mol. The van der Waals surface area contributed by atoms with Gasteiger partial charge in [-0.25, -0.2) is 5.43 Å². The number of hydrogen-bond acceptors (Lipinski definition) is 3. The molecule has 3 N–H and O–H groups in total. The Morgan fingerprint density at radius 2 is 1.93 bits per heavy atom. The van der Waals surface area contributed by atoms with Crippen LogP contribution in [0.25, 0.3) is 0 Å². The minimum absolute atomic E-state index is 0.236. The van der Waals surface area contributed by atoms with Gasteiger partial charge in [0.15, 0.2) is 0 Å². The van der Waals surface area contributed by atoms with Crippen LogP contribution >= 0.6 is 0 Å². The molecule has 1 amide bonds. The van der Waals surface area contributed by atoms with Crippen molar-refractivity contribution in [1.82, 2.24) is 10.9 Å². The summed E-state index contributed by atoms with van der Waals surface area (Å²) >= 11 is 0. The standard InChI is InChI=1S/C10H18N2O3/c1-6(2)5-8(10(14)15)11-12-9(13)7(3)4/h6,8,11H,3,5H2,1-2,4H3,(H,12,13)(H,14,15)/t8-/m0/s1. The van der Waals surface area contributed by atoms with E-state index in [1.54, 1.807) is 6.92 Å². The molecule has 0 aliphatic rings. The van der Waals surface area contributed by atoms with Crippen molar-refractivity contribution < 1.29 is 14.7 Å². The smallest absolute Gasteiger partial charge is 0.322 e. The summed E-state index contributed by atoms with van der Waals surface area (Å²) in [6, 6.07) is -0.770. The van der Waals surface area contributed by atoms with Gasteiger partial charge in [-0.2, -0.15) is 0 Å². The summed E-state index contributed by atoms with van der Waals surface area (Å²) in [5.41, 5.74) is 5.10. The second kappa shape index (κ2) is 6.19. The highest BCUT2D eigenvalue weighted by Gasteiger charge is 2.18. The molecule has 0 aromatic carbocycles. The number of carboxylic acids is 1. The van der Waals surface area contributed by atoms with E-state index in [-0.39, 0.29) is 5.92 Å². The molecule has 0 aliphatic heterocycles. The second-order valence-corrected chi connectivity index (χ2v) is 3.90. The number of rotatable bonds is 6. The van der Waals surface area contributed by atoms with E-state index in [1.807, 2.05) is 13.8 Å². The van der Waals surface area contributed by atoms with Crippen LogP contribution in [0.15, 0.2) is 12.2 Å². The van der Waals surface area contributed by atoms with E-state index >= 15 is 0 Å². The zero-order valence-corrected chi connectivity index (χ0v) is 9.33. The molecule has 0 bridgehead atoms. The molecule has 0 aromatic rings. The van der Waals surface area contributed by atoms with E-state index in [0.717, 1.165) is 0 Å². The molecule has 0 fully saturated rings. The summed E-state index contributed by atoms with van der Waals surface area (Å²) in [7, 11) is 0. The molecule has 0 aromatic heterocycles. The first-order valence-corrected chi connectivity index (χ1v) is 4.78. The lowest BCUT2D eigenvalue weighted by atomic mass is 10.0. The summed E-state index contributed by atoms with van der Waals surface area (Å²) < 4.78 is 0. The van der Waals surface area contributed by atoms with Gasteiger partial charge in [0.05, 0.1) is 0 Å². The molecule has 86 valence electrons. The van der Waals surface area contributed by atoms with Crippen LogP contribution in [0.2, 0.25) is 0 Å². The van der Waals surface area contributed by atoms with E-state index in [4.69, 9.17) is 5.11 Å². The molecule has 15 heavy (non-hydrogen) atoms. The Hall–Kier alpha value is -1.36. The Morgan fingerprint density at radius 1 is 1.40 bits per heavy atom. The van der Waals surface area contributed by atoms with E-state index < -0.39 is 17.9 Å². The first-order valence-electron chi connectivity index (χ1n) is 4.78. The number of carbonyl (C=O) groups is 2. The highest BCUT2D eigenvalue weighted by atomic mass is 16.4. The highest BCUT2D eigenvalue weighted by Crippen LogP contribution is 2.04. The number of hydrogen-bond donors (Lipinski definition) is 3. The van der Waals surface area contributed by atoms with Gasteiger partial charge < -0.3 is 5.11 Å². The third kappa shape index (κ3) is 5.85. The summed E-state index contributed by atoms with van der Waals surface area (Å²) in [5.74, 6) is -1.14. The Bertz CT molecular complexity index is 261. The third-order valence-electron chi connectivity index (χ3n) is 1.75. The minimum atomic E-state index is -0.981. The number of carbonyl (C=O) groups excluding carboxylic acids is 1. The van der Waals surface area contributed by atoms with Crippen molar-refractivity contribution in [2.45, 2.75) is 33.2 Å². The predicted molar refractivity (Wildman–Crippen MR) is 57.0 cm³/mol. The number of aliphatic carboxylic acids is 1. The van der Waals surface area contributed by atoms with Gasteiger partial charge in [-0.05, 0) is 19.3 Å². The van der Waals surface area contributed by atoms with Crippen LogP contribution < -0.4 is 10.9 Å². The largest absolute Gasteiger partial charge is 0.480 e. The molecule has 0 heterocycles. The Labute approximate surface area is 89.5 Å². The maximum Gasteiger partial charge on any atom is 0.322 e. The van der Waals surface area contributed by atoms with Gasteiger partial charge in [0.1, 0.15) is 6.04 Å². The molecule has 0 aliphatic carbocycles. The van der Waals surface area contributed by atoms with E-state index in [0.29, 0.717) is 12.0 Å². The van der Waals surface area contributed by atoms with Crippen LogP contribution in [-0.4, -0.2) is 23.0 Å². The second-order valence-electron chi connectivity index (χ2n) is 3.90. The number of hydrazine groups is 1. The van der Waals surface area contributed by atoms with Gasteiger partial charge >= 0.3 is 5.97 Å². The van der Waals surface area contributed by atoms with Gasteiger partial charge in [0.2, 0.25) is 0 Å². The molecule has 0 rings (SSSR count). The number of amides is 1. The van der Waals surface area contributed by atoms with Gasteiger partial charge in [-0.1, -0.05) is 20.4 Å². The SMILES string of the molecule is C=C(C)C(=O)NN[C@@H](CC(C)C)C(=O)O. The summed E-state index contributed by atoms with van der Waals surface area (Å²) in [6.45, 7) is 8.82. The lowest BCUT2D eigenvalue weighted by molar-refractivity contribution is -0.140.